The van der Waals surface area contributed by atoms with Gasteiger partial charge in [-0.1, -0.05) is 26.8 Å². The Balaban J connectivity index is 2.13. The van der Waals surface area contributed by atoms with Gasteiger partial charge in [0.2, 0.25) is 0 Å². The van der Waals surface area contributed by atoms with Gasteiger partial charge >= 0.3 is 0 Å². The summed E-state index contributed by atoms with van der Waals surface area (Å²) in [6.07, 6.45) is 0. The van der Waals surface area contributed by atoms with Crippen molar-refractivity contribution in [2.45, 2.75) is 53.2 Å². The Labute approximate surface area is 131 Å². The van der Waals surface area contributed by atoms with E-state index in [1.54, 1.807) is 11.3 Å². The molecule has 0 amide bonds. The minimum Gasteiger partial charge on any atom is -0.486 e. The van der Waals surface area contributed by atoms with E-state index < -0.39 is 0 Å². The SMILES string of the molecule is Cc1ccc(OCc2nc(C(C)(C)C)c(CN)s2)cc1C. The highest BCUT2D eigenvalue weighted by atomic mass is 32.1. The highest BCUT2D eigenvalue weighted by Crippen LogP contribution is 2.30. The molecule has 0 aliphatic rings. The van der Waals surface area contributed by atoms with Crippen LogP contribution in [0, 0.1) is 13.8 Å². The lowest BCUT2D eigenvalue weighted by Crippen LogP contribution is -2.15. The fraction of sp³-hybridized carbons (Fsp3) is 0.471. The van der Waals surface area contributed by atoms with Crippen molar-refractivity contribution in [2.75, 3.05) is 0 Å². The Morgan fingerprint density at radius 1 is 1.19 bits per heavy atom. The molecule has 0 saturated heterocycles. The van der Waals surface area contributed by atoms with Gasteiger partial charge in [0, 0.05) is 16.8 Å². The first kappa shape index (κ1) is 16.0. The summed E-state index contributed by atoms with van der Waals surface area (Å²) in [5, 5.41) is 0.985. The minimum absolute atomic E-state index is 0.0178. The van der Waals surface area contributed by atoms with Gasteiger partial charge in [0.1, 0.15) is 17.4 Å². The van der Waals surface area contributed by atoms with Crippen molar-refractivity contribution in [3.05, 3.63) is 44.9 Å². The minimum atomic E-state index is 0.0178. The average molecular weight is 304 g/mol. The average Bonchev–Trinajstić information content (AvgIpc) is 2.83. The van der Waals surface area contributed by atoms with Crippen LogP contribution in [0.15, 0.2) is 18.2 Å². The van der Waals surface area contributed by atoms with Crippen molar-refractivity contribution in [3.63, 3.8) is 0 Å². The van der Waals surface area contributed by atoms with E-state index in [0.29, 0.717) is 13.2 Å². The third kappa shape index (κ3) is 3.83. The number of aryl methyl sites for hydroxylation is 2. The predicted molar refractivity (Wildman–Crippen MR) is 89.0 cm³/mol. The van der Waals surface area contributed by atoms with E-state index >= 15 is 0 Å². The standard InChI is InChI=1S/C17H24N2OS/c1-11-6-7-13(8-12(11)2)20-10-15-19-16(17(3,4)5)14(9-18)21-15/h6-8H,9-10,18H2,1-5H3. The fourth-order valence-corrected chi connectivity index (χ4v) is 3.21. The van der Waals surface area contributed by atoms with Gasteiger partial charge < -0.3 is 10.5 Å². The zero-order chi connectivity index (χ0) is 15.6. The first-order chi connectivity index (χ1) is 9.81. The van der Waals surface area contributed by atoms with Crippen molar-refractivity contribution in [1.29, 1.82) is 0 Å². The van der Waals surface area contributed by atoms with E-state index in [1.165, 1.54) is 11.1 Å². The lowest BCUT2D eigenvalue weighted by molar-refractivity contribution is 0.304. The van der Waals surface area contributed by atoms with Crippen LogP contribution < -0.4 is 10.5 Å². The molecule has 4 heteroatoms. The van der Waals surface area contributed by atoms with Crippen LogP contribution in [-0.2, 0) is 18.6 Å². The predicted octanol–water partition coefficient (Wildman–Crippen LogP) is 4.10. The van der Waals surface area contributed by atoms with Crippen LogP contribution in [0.2, 0.25) is 0 Å². The number of thiazole rings is 1. The molecule has 2 N–H and O–H groups in total. The van der Waals surface area contributed by atoms with Gasteiger partial charge in [0.05, 0.1) is 5.69 Å². The van der Waals surface area contributed by atoms with E-state index in [9.17, 15) is 0 Å². The molecule has 1 heterocycles. The molecule has 21 heavy (non-hydrogen) atoms. The highest BCUT2D eigenvalue weighted by Gasteiger charge is 2.22. The summed E-state index contributed by atoms with van der Waals surface area (Å²) in [7, 11) is 0. The molecule has 0 saturated carbocycles. The van der Waals surface area contributed by atoms with Crippen molar-refractivity contribution >= 4 is 11.3 Å². The monoisotopic (exact) mass is 304 g/mol. The van der Waals surface area contributed by atoms with Gasteiger partial charge in [-0.25, -0.2) is 4.98 Å². The van der Waals surface area contributed by atoms with Crippen LogP contribution in [0.1, 0.15) is 47.5 Å². The summed E-state index contributed by atoms with van der Waals surface area (Å²) in [5.41, 5.74) is 9.46. The first-order valence-electron chi connectivity index (χ1n) is 7.20. The van der Waals surface area contributed by atoms with Crippen molar-refractivity contribution < 1.29 is 4.74 Å². The molecule has 0 atom stereocenters. The Morgan fingerprint density at radius 2 is 1.90 bits per heavy atom. The quantitative estimate of drug-likeness (QED) is 0.925. The largest absolute Gasteiger partial charge is 0.486 e. The lowest BCUT2D eigenvalue weighted by Gasteiger charge is -2.16. The second-order valence-electron chi connectivity index (χ2n) is 6.37. The second-order valence-corrected chi connectivity index (χ2v) is 7.54. The van der Waals surface area contributed by atoms with Crippen LogP contribution >= 0.6 is 11.3 Å². The fourth-order valence-electron chi connectivity index (χ4n) is 2.14. The molecule has 1 aromatic carbocycles. The number of benzene rings is 1. The molecule has 0 radical (unpaired) electrons. The molecule has 3 nitrogen and oxygen atoms in total. The smallest absolute Gasteiger partial charge is 0.140 e. The highest BCUT2D eigenvalue weighted by molar-refractivity contribution is 7.11. The molecule has 0 bridgehead atoms. The Morgan fingerprint density at radius 3 is 2.43 bits per heavy atom. The third-order valence-corrected chi connectivity index (χ3v) is 4.53. The summed E-state index contributed by atoms with van der Waals surface area (Å²) < 4.78 is 5.86. The van der Waals surface area contributed by atoms with Gasteiger partial charge in [-0.3, -0.25) is 0 Å². The zero-order valence-corrected chi connectivity index (χ0v) is 14.3. The molecule has 0 aliphatic heterocycles. The molecule has 2 rings (SSSR count). The van der Waals surface area contributed by atoms with Gasteiger partial charge in [-0.05, 0) is 37.1 Å². The summed E-state index contributed by atoms with van der Waals surface area (Å²) >= 11 is 1.65. The number of hydrogen-bond donors (Lipinski definition) is 1. The van der Waals surface area contributed by atoms with Crippen molar-refractivity contribution in [3.8, 4) is 5.75 Å². The number of nitrogens with two attached hydrogens (primary N) is 1. The number of aromatic nitrogens is 1. The van der Waals surface area contributed by atoms with Crippen LogP contribution in [0.25, 0.3) is 0 Å². The molecule has 2 aromatic rings. The van der Waals surface area contributed by atoms with E-state index in [2.05, 4.69) is 46.8 Å². The molecule has 0 aliphatic carbocycles. The zero-order valence-electron chi connectivity index (χ0n) is 13.5. The van der Waals surface area contributed by atoms with Crippen LogP contribution in [0.3, 0.4) is 0 Å². The molecule has 0 fully saturated rings. The maximum atomic E-state index is 5.86. The summed E-state index contributed by atoms with van der Waals surface area (Å²) in [6.45, 7) is 11.7. The van der Waals surface area contributed by atoms with Crippen molar-refractivity contribution in [2.24, 2.45) is 5.73 Å². The maximum absolute atomic E-state index is 5.86. The first-order valence-corrected chi connectivity index (χ1v) is 8.02. The number of nitrogens with zero attached hydrogens (tertiary/aromatic N) is 1. The van der Waals surface area contributed by atoms with Gasteiger partial charge in [0.15, 0.2) is 0 Å². The number of ether oxygens (including phenoxy) is 1. The maximum Gasteiger partial charge on any atom is 0.140 e. The van der Waals surface area contributed by atoms with Gasteiger partial charge in [-0.15, -0.1) is 11.3 Å². The second kappa shape index (κ2) is 6.16. The Kier molecular flexibility index (Phi) is 4.69. The molecule has 0 unspecified atom stereocenters. The Hall–Kier alpha value is -1.39. The van der Waals surface area contributed by atoms with E-state index in [1.807, 2.05) is 6.07 Å². The summed E-state index contributed by atoms with van der Waals surface area (Å²) in [4.78, 5) is 5.87. The lowest BCUT2D eigenvalue weighted by atomic mass is 9.91. The molecular formula is C17H24N2OS. The molecule has 0 spiro atoms. The molecule has 114 valence electrons. The summed E-state index contributed by atoms with van der Waals surface area (Å²) in [5.74, 6) is 0.889. The number of rotatable bonds is 4. The normalized spacial score (nSPS) is 11.7. The topological polar surface area (TPSA) is 48.1 Å². The van der Waals surface area contributed by atoms with Crippen LogP contribution in [-0.4, -0.2) is 4.98 Å². The third-order valence-electron chi connectivity index (χ3n) is 3.48. The van der Waals surface area contributed by atoms with Gasteiger partial charge in [0.25, 0.3) is 0 Å². The summed E-state index contributed by atoms with van der Waals surface area (Å²) in [6, 6.07) is 6.15. The van der Waals surface area contributed by atoms with Crippen molar-refractivity contribution in [1.82, 2.24) is 4.98 Å². The van der Waals surface area contributed by atoms with E-state index in [4.69, 9.17) is 15.5 Å². The van der Waals surface area contributed by atoms with Crippen LogP contribution in [0.5, 0.6) is 5.75 Å². The molecular weight excluding hydrogens is 280 g/mol. The Bertz CT molecular complexity index is 626. The molecule has 1 aromatic heterocycles. The van der Waals surface area contributed by atoms with Crippen LogP contribution in [0.4, 0.5) is 0 Å². The van der Waals surface area contributed by atoms with Gasteiger partial charge in [-0.2, -0.15) is 0 Å². The number of hydrogen-bond acceptors (Lipinski definition) is 4. The van der Waals surface area contributed by atoms with E-state index in [0.717, 1.165) is 21.3 Å². The van der Waals surface area contributed by atoms with E-state index in [-0.39, 0.29) is 5.41 Å².